The fourth-order valence-electron chi connectivity index (χ4n) is 3.61. The van der Waals surface area contributed by atoms with Crippen LogP contribution in [0.25, 0.3) is 0 Å². The van der Waals surface area contributed by atoms with Crippen molar-refractivity contribution in [3.63, 3.8) is 0 Å². The molecule has 28 heavy (non-hydrogen) atoms. The molecular weight excluding hydrogens is 374 g/mol. The van der Waals surface area contributed by atoms with Crippen LogP contribution in [0.4, 0.5) is 5.69 Å². The summed E-state index contributed by atoms with van der Waals surface area (Å²) in [4.78, 5) is 27.5. The summed E-state index contributed by atoms with van der Waals surface area (Å²) in [7, 11) is 0. The SMILES string of the molecule is O=C(CC1(O)C(=O)N(Cc2cccc(Cl)c2)c2ccccc21)c1ccccc1. The van der Waals surface area contributed by atoms with Crippen molar-refractivity contribution in [1.29, 1.82) is 0 Å². The molecule has 5 heteroatoms. The first-order valence-electron chi connectivity index (χ1n) is 8.95. The van der Waals surface area contributed by atoms with E-state index in [1.165, 1.54) is 4.90 Å². The molecular formula is C23H18ClNO3. The Bertz CT molecular complexity index is 1050. The Hall–Kier alpha value is -2.95. The van der Waals surface area contributed by atoms with Crippen LogP contribution in [0, 0.1) is 0 Å². The van der Waals surface area contributed by atoms with Crippen LogP contribution < -0.4 is 4.90 Å². The predicted octanol–water partition coefficient (Wildman–Crippen LogP) is 4.35. The molecule has 1 aliphatic rings. The zero-order valence-corrected chi connectivity index (χ0v) is 15.8. The fourth-order valence-corrected chi connectivity index (χ4v) is 3.82. The molecule has 1 unspecified atom stereocenters. The number of hydrogen-bond donors (Lipinski definition) is 1. The molecule has 1 atom stereocenters. The normalized spacial score (nSPS) is 18.2. The monoisotopic (exact) mass is 391 g/mol. The number of amides is 1. The van der Waals surface area contributed by atoms with Gasteiger partial charge in [-0.3, -0.25) is 9.59 Å². The Kier molecular flexibility index (Phi) is 4.75. The van der Waals surface area contributed by atoms with Gasteiger partial charge in [-0.05, 0) is 23.8 Å². The number of carbonyl (C=O) groups excluding carboxylic acids is 2. The van der Waals surface area contributed by atoms with Crippen LogP contribution in [0.15, 0.2) is 78.9 Å². The number of anilines is 1. The molecule has 0 aliphatic carbocycles. The van der Waals surface area contributed by atoms with Crippen LogP contribution in [0.5, 0.6) is 0 Å². The minimum atomic E-state index is -1.89. The number of carbonyl (C=O) groups is 2. The molecule has 1 aliphatic heterocycles. The molecule has 0 saturated carbocycles. The molecule has 0 spiro atoms. The molecule has 4 rings (SSSR count). The van der Waals surface area contributed by atoms with Crippen LogP contribution in [0.3, 0.4) is 0 Å². The van der Waals surface area contributed by atoms with Crippen molar-refractivity contribution in [3.8, 4) is 0 Å². The third-order valence-corrected chi connectivity index (χ3v) is 5.22. The van der Waals surface area contributed by atoms with E-state index in [0.717, 1.165) is 5.56 Å². The topological polar surface area (TPSA) is 57.6 Å². The summed E-state index contributed by atoms with van der Waals surface area (Å²) in [5.41, 5.74) is 0.480. The van der Waals surface area contributed by atoms with Crippen LogP contribution >= 0.6 is 11.6 Å². The number of benzene rings is 3. The van der Waals surface area contributed by atoms with Gasteiger partial charge < -0.3 is 10.0 Å². The van der Waals surface area contributed by atoms with Crippen molar-refractivity contribution in [2.75, 3.05) is 4.90 Å². The summed E-state index contributed by atoms with van der Waals surface area (Å²) >= 11 is 6.06. The molecule has 3 aromatic rings. The van der Waals surface area contributed by atoms with E-state index >= 15 is 0 Å². The van der Waals surface area contributed by atoms with Gasteiger partial charge in [0.1, 0.15) is 0 Å². The molecule has 1 amide bonds. The zero-order chi connectivity index (χ0) is 19.7. The highest BCUT2D eigenvalue weighted by molar-refractivity contribution is 6.30. The average Bonchev–Trinajstić information content (AvgIpc) is 2.91. The van der Waals surface area contributed by atoms with Gasteiger partial charge in [-0.15, -0.1) is 0 Å². The Morgan fingerprint density at radius 3 is 2.43 bits per heavy atom. The van der Waals surface area contributed by atoms with Crippen molar-refractivity contribution in [2.24, 2.45) is 0 Å². The summed E-state index contributed by atoms with van der Waals surface area (Å²) in [6.45, 7) is 0.262. The Labute approximate surface area is 168 Å². The van der Waals surface area contributed by atoms with Gasteiger partial charge in [-0.1, -0.05) is 72.3 Å². The molecule has 4 nitrogen and oxygen atoms in total. The second kappa shape index (κ2) is 7.23. The highest BCUT2D eigenvalue weighted by Gasteiger charge is 2.50. The molecule has 0 aromatic heterocycles. The van der Waals surface area contributed by atoms with Gasteiger partial charge >= 0.3 is 0 Å². The zero-order valence-electron chi connectivity index (χ0n) is 15.0. The van der Waals surface area contributed by atoms with Crippen LogP contribution in [-0.4, -0.2) is 16.8 Å². The number of hydrogen-bond acceptors (Lipinski definition) is 3. The third-order valence-electron chi connectivity index (χ3n) is 4.98. The predicted molar refractivity (Wildman–Crippen MR) is 108 cm³/mol. The number of halogens is 1. The standard InChI is InChI=1S/C23H18ClNO3/c24-18-10-6-7-16(13-18)15-25-20-12-5-4-11-19(20)23(28,22(25)27)14-21(26)17-8-2-1-3-9-17/h1-13,28H,14-15H2. The summed E-state index contributed by atoms with van der Waals surface area (Å²) in [6.07, 6.45) is -0.307. The summed E-state index contributed by atoms with van der Waals surface area (Å²) in [5.74, 6) is -0.784. The molecule has 1 heterocycles. The van der Waals surface area contributed by atoms with Crippen LogP contribution in [0.2, 0.25) is 5.02 Å². The first-order chi connectivity index (χ1) is 13.5. The van der Waals surface area contributed by atoms with Gasteiger partial charge in [0, 0.05) is 16.1 Å². The highest BCUT2D eigenvalue weighted by atomic mass is 35.5. The van der Waals surface area contributed by atoms with Crippen molar-refractivity contribution in [2.45, 2.75) is 18.6 Å². The number of para-hydroxylation sites is 1. The minimum Gasteiger partial charge on any atom is -0.375 e. The van der Waals surface area contributed by atoms with Crippen LogP contribution in [-0.2, 0) is 16.9 Å². The quantitative estimate of drug-likeness (QED) is 0.658. The van der Waals surface area contributed by atoms with Gasteiger partial charge in [0.25, 0.3) is 5.91 Å². The maximum atomic E-state index is 13.2. The molecule has 0 saturated heterocycles. The Morgan fingerprint density at radius 1 is 0.964 bits per heavy atom. The van der Waals surface area contributed by atoms with Gasteiger partial charge in [-0.25, -0.2) is 0 Å². The van der Waals surface area contributed by atoms with Crippen molar-refractivity contribution in [1.82, 2.24) is 0 Å². The number of nitrogens with zero attached hydrogens (tertiary/aromatic N) is 1. The summed E-state index contributed by atoms with van der Waals surface area (Å²) in [5, 5.41) is 11.9. The van der Waals surface area contributed by atoms with Crippen molar-refractivity contribution in [3.05, 3.63) is 101 Å². The average molecular weight is 392 g/mol. The first kappa shape index (κ1) is 18.4. The van der Waals surface area contributed by atoms with Gasteiger partial charge in [0.15, 0.2) is 11.4 Å². The minimum absolute atomic E-state index is 0.262. The van der Waals surface area contributed by atoms with E-state index in [1.807, 2.05) is 24.3 Å². The third kappa shape index (κ3) is 3.21. The second-order valence-electron chi connectivity index (χ2n) is 6.86. The number of fused-ring (bicyclic) bond motifs is 1. The number of rotatable bonds is 5. The van der Waals surface area contributed by atoms with Gasteiger partial charge in [-0.2, -0.15) is 0 Å². The fraction of sp³-hybridized carbons (Fsp3) is 0.130. The number of ketones is 1. The largest absolute Gasteiger partial charge is 0.375 e. The van der Waals surface area contributed by atoms with Crippen molar-refractivity contribution < 1.29 is 14.7 Å². The molecule has 0 radical (unpaired) electrons. The molecule has 3 aromatic carbocycles. The maximum Gasteiger partial charge on any atom is 0.264 e. The maximum absolute atomic E-state index is 13.2. The Balaban J connectivity index is 1.69. The van der Waals surface area contributed by atoms with E-state index in [9.17, 15) is 14.7 Å². The van der Waals surface area contributed by atoms with E-state index in [2.05, 4.69) is 0 Å². The van der Waals surface area contributed by atoms with E-state index in [0.29, 0.717) is 21.8 Å². The lowest BCUT2D eigenvalue weighted by molar-refractivity contribution is -0.136. The lowest BCUT2D eigenvalue weighted by Gasteiger charge is -2.23. The molecule has 140 valence electrons. The molecule has 1 N–H and O–H groups in total. The summed E-state index contributed by atoms with van der Waals surface area (Å²) in [6, 6.07) is 23.0. The van der Waals surface area contributed by atoms with E-state index < -0.39 is 11.5 Å². The second-order valence-corrected chi connectivity index (χ2v) is 7.30. The number of Topliss-reactive ketones (excluding diaryl/α,β-unsaturated/α-hetero) is 1. The Morgan fingerprint density at radius 2 is 1.68 bits per heavy atom. The van der Waals surface area contributed by atoms with Gasteiger partial charge in [0.2, 0.25) is 0 Å². The molecule has 0 bridgehead atoms. The lowest BCUT2D eigenvalue weighted by Crippen LogP contribution is -2.41. The van der Waals surface area contributed by atoms with Gasteiger partial charge in [0.05, 0.1) is 18.7 Å². The lowest BCUT2D eigenvalue weighted by atomic mass is 9.88. The highest BCUT2D eigenvalue weighted by Crippen LogP contribution is 2.43. The molecule has 0 fully saturated rings. The van der Waals surface area contributed by atoms with Crippen LogP contribution in [0.1, 0.15) is 27.9 Å². The first-order valence-corrected chi connectivity index (χ1v) is 9.33. The summed E-state index contributed by atoms with van der Waals surface area (Å²) < 4.78 is 0. The smallest absolute Gasteiger partial charge is 0.264 e. The van der Waals surface area contributed by atoms with E-state index in [-0.39, 0.29) is 18.7 Å². The number of aliphatic hydroxyl groups is 1. The van der Waals surface area contributed by atoms with E-state index in [4.69, 9.17) is 11.6 Å². The van der Waals surface area contributed by atoms with E-state index in [1.54, 1.807) is 54.6 Å². The van der Waals surface area contributed by atoms with Crippen molar-refractivity contribution >= 4 is 29.0 Å².